The second kappa shape index (κ2) is 9.06. The maximum absolute atomic E-state index is 11.7. The average molecular weight is 387 g/mol. The van der Waals surface area contributed by atoms with Crippen molar-refractivity contribution in [1.82, 2.24) is 0 Å². The molecule has 0 saturated carbocycles. The molecule has 0 amide bonds. The van der Waals surface area contributed by atoms with Crippen molar-refractivity contribution in [3.63, 3.8) is 0 Å². The quantitative estimate of drug-likeness (QED) is 0.469. The Balaban J connectivity index is 1.96. The number of thioether (sulfide) groups is 1. The van der Waals surface area contributed by atoms with E-state index in [2.05, 4.69) is 0 Å². The predicted molar refractivity (Wildman–Crippen MR) is 97.5 cm³/mol. The fourth-order valence-electron chi connectivity index (χ4n) is 1.76. The van der Waals surface area contributed by atoms with Crippen LogP contribution in [-0.4, -0.2) is 24.3 Å². The zero-order valence-corrected chi connectivity index (χ0v) is 15.5. The van der Waals surface area contributed by atoms with Crippen LogP contribution in [0.4, 0.5) is 0 Å². The summed E-state index contributed by atoms with van der Waals surface area (Å²) in [7, 11) is 0. The van der Waals surface area contributed by atoms with E-state index in [4.69, 9.17) is 37.4 Å². The second-order valence-corrected chi connectivity index (χ2v) is 6.43. The topological polar surface area (TPSA) is 44.8 Å². The molecule has 128 valence electrons. The van der Waals surface area contributed by atoms with E-state index in [1.165, 1.54) is 11.8 Å². The van der Waals surface area contributed by atoms with E-state index in [0.29, 0.717) is 33.2 Å². The number of halogens is 2. The third kappa shape index (κ3) is 5.51. The van der Waals surface area contributed by atoms with Gasteiger partial charge in [0.25, 0.3) is 0 Å². The lowest BCUT2D eigenvalue weighted by atomic mass is 10.3. The SMILES string of the molecule is CSCOC(=O)C(C)Oc1ccc(Oc2ccc(Cl)cc2Cl)cc1. The molecular formula is C17H16Cl2O4S. The van der Waals surface area contributed by atoms with Crippen molar-refractivity contribution in [2.75, 3.05) is 12.2 Å². The largest absolute Gasteiger partial charge is 0.479 e. The molecule has 0 aliphatic heterocycles. The normalized spacial score (nSPS) is 11.7. The van der Waals surface area contributed by atoms with Crippen LogP contribution < -0.4 is 9.47 Å². The van der Waals surface area contributed by atoms with Gasteiger partial charge in [-0.3, -0.25) is 0 Å². The minimum atomic E-state index is -0.686. The van der Waals surface area contributed by atoms with Crippen LogP contribution in [0.3, 0.4) is 0 Å². The van der Waals surface area contributed by atoms with E-state index in [1.54, 1.807) is 49.4 Å². The molecule has 0 bridgehead atoms. The minimum absolute atomic E-state index is 0.307. The Labute approximate surface area is 155 Å². The Morgan fingerprint density at radius 1 is 1.12 bits per heavy atom. The van der Waals surface area contributed by atoms with Crippen molar-refractivity contribution < 1.29 is 19.0 Å². The summed E-state index contributed by atoms with van der Waals surface area (Å²) < 4.78 is 16.2. The molecule has 0 aliphatic rings. The Hall–Kier alpha value is -1.56. The van der Waals surface area contributed by atoms with Crippen LogP contribution in [0.5, 0.6) is 17.2 Å². The van der Waals surface area contributed by atoms with Crippen molar-refractivity contribution in [2.45, 2.75) is 13.0 Å². The van der Waals surface area contributed by atoms with Gasteiger partial charge >= 0.3 is 5.97 Å². The summed E-state index contributed by atoms with van der Waals surface area (Å²) in [5.41, 5.74) is 0. The predicted octanol–water partition coefficient (Wildman–Crippen LogP) is 5.42. The molecule has 24 heavy (non-hydrogen) atoms. The van der Waals surface area contributed by atoms with Gasteiger partial charge in [-0.2, -0.15) is 0 Å². The molecule has 0 heterocycles. The Bertz CT molecular complexity index is 691. The molecule has 0 saturated heterocycles. The zero-order chi connectivity index (χ0) is 17.5. The van der Waals surface area contributed by atoms with Gasteiger partial charge in [-0.1, -0.05) is 23.2 Å². The molecule has 4 nitrogen and oxygen atoms in total. The van der Waals surface area contributed by atoms with Crippen LogP contribution in [0, 0.1) is 0 Å². The van der Waals surface area contributed by atoms with Gasteiger partial charge < -0.3 is 14.2 Å². The smallest absolute Gasteiger partial charge is 0.347 e. The molecule has 0 aromatic heterocycles. The van der Waals surface area contributed by atoms with Crippen LogP contribution in [-0.2, 0) is 9.53 Å². The van der Waals surface area contributed by atoms with Gasteiger partial charge in [0.2, 0.25) is 0 Å². The van der Waals surface area contributed by atoms with Crippen LogP contribution >= 0.6 is 35.0 Å². The number of hydrogen-bond acceptors (Lipinski definition) is 5. The highest BCUT2D eigenvalue weighted by atomic mass is 35.5. The Morgan fingerprint density at radius 3 is 2.42 bits per heavy atom. The van der Waals surface area contributed by atoms with Crippen LogP contribution in [0.1, 0.15) is 6.92 Å². The van der Waals surface area contributed by atoms with Gasteiger partial charge in [0, 0.05) is 5.02 Å². The third-order valence-electron chi connectivity index (χ3n) is 2.91. The van der Waals surface area contributed by atoms with E-state index >= 15 is 0 Å². The lowest BCUT2D eigenvalue weighted by Gasteiger charge is -2.14. The monoisotopic (exact) mass is 386 g/mol. The molecule has 7 heteroatoms. The molecule has 0 aliphatic carbocycles. The molecule has 2 aromatic rings. The maximum Gasteiger partial charge on any atom is 0.347 e. The molecule has 0 fully saturated rings. The first kappa shape index (κ1) is 18.8. The number of ether oxygens (including phenoxy) is 3. The summed E-state index contributed by atoms with van der Waals surface area (Å²) in [6.45, 7) is 1.64. The maximum atomic E-state index is 11.7. The summed E-state index contributed by atoms with van der Waals surface area (Å²) in [5.74, 6) is 1.53. The van der Waals surface area contributed by atoms with E-state index in [0.717, 1.165) is 0 Å². The van der Waals surface area contributed by atoms with Gasteiger partial charge in [-0.25, -0.2) is 4.79 Å². The third-order valence-corrected chi connectivity index (χ3v) is 3.79. The summed E-state index contributed by atoms with van der Waals surface area (Å²) in [6, 6.07) is 11.9. The van der Waals surface area contributed by atoms with Crippen molar-refractivity contribution in [3.8, 4) is 17.2 Å². The summed E-state index contributed by atoms with van der Waals surface area (Å²) in [6.07, 6.45) is 1.17. The van der Waals surface area contributed by atoms with E-state index in [9.17, 15) is 4.79 Å². The molecule has 0 radical (unpaired) electrons. The first-order valence-electron chi connectivity index (χ1n) is 7.05. The minimum Gasteiger partial charge on any atom is -0.479 e. The fourth-order valence-corrected chi connectivity index (χ4v) is 2.44. The van der Waals surface area contributed by atoms with Crippen LogP contribution in [0.25, 0.3) is 0 Å². The lowest BCUT2D eigenvalue weighted by Crippen LogP contribution is -2.25. The standard InChI is InChI=1S/C17H16Cl2O4S/c1-11(17(20)21-10-24-2)22-13-4-6-14(7-5-13)23-16-8-3-12(18)9-15(16)19/h3-9,11H,10H2,1-2H3. The zero-order valence-electron chi connectivity index (χ0n) is 13.1. The molecule has 2 rings (SSSR count). The molecule has 0 spiro atoms. The number of hydrogen-bond donors (Lipinski definition) is 0. The number of rotatable bonds is 7. The van der Waals surface area contributed by atoms with Crippen molar-refractivity contribution in [3.05, 3.63) is 52.5 Å². The van der Waals surface area contributed by atoms with E-state index in [-0.39, 0.29) is 0 Å². The number of benzene rings is 2. The van der Waals surface area contributed by atoms with E-state index < -0.39 is 12.1 Å². The highest BCUT2D eigenvalue weighted by molar-refractivity contribution is 7.98. The fraction of sp³-hybridized carbons (Fsp3) is 0.235. The van der Waals surface area contributed by atoms with Crippen molar-refractivity contribution in [2.24, 2.45) is 0 Å². The van der Waals surface area contributed by atoms with Gasteiger partial charge in [-0.15, -0.1) is 11.8 Å². The number of carbonyl (C=O) groups is 1. The summed E-state index contributed by atoms with van der Waals surface area (Å²) in [5, 5.41) is 0.964. The lowest BCUT2D eigenvalue weighted by molar-refractivity contribution is -0.148. The van der Waals surface area contributed by atoms with Crippen molar-refractivity contribution >= 4 is 40.9 Å². The summed E-state index contributed by atoms with van der Waals surface area (Å²) >= 11 is 13.3. The van der Waals surface area contributed by atoms with Crippen molar-refractivity contribution in [1.29, 1.82) is 0 Å². The summed E-state index contributed by atoms with van der Waals surface area (Å²) in [4.78, 5) is 11.7. The number of esters is 1. The second-order valence-electron chi connectivity index (χ2n) is 4.78. The highest BCUT2D eigenvalue weighted by Crippen LogP contribution is 2.32. The number of carbonyl (C=O) groups excluding carboxylic acids is 1. The first-order chi connectivity index (χ1) is 11.5. The average Bonchev–Trinajstić information content (AvgIpc) is 2.56. The van der Waals surface area contributed by atoms with Gasteiger partial charge in [0.1, 0.15) is 23.2 Å². The molecule has 2 aromatic carbocycles. The molecule has 1 unspecified atom stereocenters. The van der Waals surface area contributed by atoms with Crippen LogP contribution in [0.2, 0.25) is 10.0 Å². The molecule has 1 atom stereocenters. The van der Waals surface area contributed by atoms with Gasteiger partial charge in [0.15, 0.2) is 6.10 Å². The Kier molecular flexibility index (Phi) is 7.09. The first-order valence-corrected chi connectivity index (χ1v) is 9.20. The highest BCUT2D eigenvalue weighted by Gasteiger charge is 2.16. The van der Waals surface area contributed by atoms with Gasteiger partial charge in [0.05, 0.1) is 5.02 Å². The molecular weight excluding hydrogens is 371 g/mol. The van der Waals surface area contributed by atoms with E-state index in [1.807, 2.05) is 6.26 Å². The molecule has 0 N–H and O–H groups in total. The van der Waals surface area contributed by atoms with Gasteiger partial charge in [-0.05, 0) is 55.6 Å². The van der Waals surface area contributed by atoms with Crippen LogP contribution in [0.15, 0.2) is 42.5 Å². The Morgan fingerprint density at radius 2 is 1.79 bits per heavy atom.